The van der Waals surface area contributed by atoms with E-state index in [9.17, 15) is 9.90 Å². The van der Waals surface area contributed by atoms with Crippen molar-refractivity contribution < 1.29 is 23.8 Å². The van der Waals surface area contributed by atoms with Gasteiger partial charge in [-0.25, -0.2) is 4.79 Å². The summed E-state index contributed by atoms with van der Waals surface area (Å²) in [5, 5.41) is 9.40. The summed E-state index contributed by atoms with van der Waals surface area (Å²) in [7, 11) is 3.98. The molecule has 8 nitrogen and oxygen atoms in total. The number of hydrogen-bond donors (Lipinski definition) is 1. The van der Waals surface area contributed by atoms with Crippen molar-refractivity contribution in [3.05, 3.63) is 78.4 Å². The Kier molecular flexibility index (Phi) is 7.33. The molecular weight excluding hydrogens is 458 g/mol. The van der Waals surface area contributed by atoms with E-state index >= 15 is 0 Å². The standard InChI is InChI=1S/C28H31N3O5/c1-28(2,26(32)33)36-23-12-7-9-20(17-23)19-31(27-29-24-13-5-6-14-25(24)35-27)15-16-34-22-11-8-10-21(18-22)30(3)4/h5-14,17-18H,15-16,19H2,1-4H3,(H,32,33). The van der Waals surface area contributed by atoms with Gasteiger partial charge in [0.2, 0.25) is 0 Å². The number of ether oxygens (including phenoxy) is 2. The van der Waals surface area contributed by atoms with E-state index in [0.717, 1.165) is 22.5 Å². The number of aliphatic carboxylic acids is 1. The first-order chi connectivity index (χ1) is 17.2. The molecule has 0 aliphatic heterocycles. The number of para-hydroxylation sites is 2. The molecule has 4 rings (SSSR count). The molecular formula is C28H31N3O5. The average molecular weight is 490 g/mol. The van der Waals surface area contributed by atoms with Gasteiger partial charge >= 0.3 is 5.97 Å². The van der Waals surface area contributed by atoms with Gasteiger partial charge in [-0.2, -0.15) is 4.98 Å². The quantitative estimate of drug-likeness (QED) is 0.307. The first kappa shape index (κ1) is 24.9. The minimum absolute atomic E-state index is 0.415. The molecule has 0 atom stereocenters. The van der Waals surface area contributed by atoms with Crippen molar-refractivity contribution in [1.29, 1.82) is 0 Å². The summed E-state index contributed by atoms with van der Waals surface area (Å²) >= 11 is 0. The largest absolute Gasteiger partial charge is 0.492 e. The van der Waals surface area contributed by atoms with Gasteiger partial charge in [-0.1, -0.05) is 30.3 Å². The zero-order valence-corrected chi connectivity index (χ0v) is 21.0. The summed E-state index contributed by atoms with van der Waals surface area (Å²) < 4.78 is 17.8. The van der Waals surface area contributed by atoms with Gasteiger partial charge in [0.15, 0.2) is 11.2 Å². The number of benzene rings is 3. The molecule has 0 fully saturated rings. The van der Waals surface area contributed by atoms with Crippen molar-refractivity contribution in [1.82, 2.24) is 4.98 Å². The van der Waals surface area contributed by atoms with Crippen LogP contribution in [-0.2, 0) is 11.3 Å². The zero-order chi connectivity index (χ0) is 25.7. The van der Waals surface area contributed by atoms with Crippen molar-refractivity contribution in [3.63, 3.8) is 0 Å². The van der Waals surface area contributed by atoms with Crippen molar-refractivity contribution in [2.45, 2.75) is 26.0 Å². The first-order valence-corrected chi connectivity index (χ1v) is 11.7. The van der Waals surface area contributed by atoms with Crippen LogP contribution in [-0.4, -0.2) is 48.9 Å². The van der Waals surface area contributed by atoms with Gasteiger partial charge in [0, 0.05) is 32.4 Å². The van der Waals surface area contributed by atoms with Crippen LogP contribution >= 0.6 is 0 Å². The fourth-order valence-corrected chi connectivity index (χ4v) is 3.63. The highest BCUT2D eigenvalue weighted by atomic mass is 16.5. The monoisotopic (exact) mass is 489 g/mol. The van der Waals surface area contributed by atoms with Crippen LogP contribution in [0.3, 0.4) is 0 Å². The SMILES string of the molecule is CN(C)c1cccc(OCCN(Cc2cccc(OC(C)(C)C(=O)O)c2)c2nc3ccccc3o2)c1. The van der Waals surface area contributed by atoms with Crippen LogP contribution in [0.5, 0.6) is 11.5 Å². The Hall–Kier alpha value is -4.20. The second-order valence-corrected chi connectivity index (χ2v) is 9.19. The minimum atomic E-state index is -1.34. The highest BCUT2D eigenvalue weighted by Gasteiger charge is 2.29. The normalized spacial score (nSPS) is 11.3. The number of carbonyl (C=O) groups is 1. The number of rotatable bonds is 11. The molecule has 0 amide bonds. The van der Waals surface area contributed by atoms with E-state index in [-0.39, 0.29) is 0 Å². The van der Waals surface area contributed by atoms with Crippen molar-refractivity contribution in [3.8, 4) is 11.5 Å². The molecule has 8 heteroatoms. The summed E-state index contributed by atoms with van der Waals surface area (Å²) in [6.07, 6.45) is 0. The molecule has 0 saturated heterocycles. The molecule has 188 valence electrons. The summed E-state index contributed by atoms with van der Waals surface area (Å²) in [6, 6.07) is 23.4. The molecule has 0 unspecified atom stereocenters. The molecule has 0 spiro atoms. The van der Waals surface area contributed by atoms with E-state index in [1.807, 2.05) is 90.6 Å². The summed E-state index contributed by atoms with van der Waals surface area (Å²) in [6.45, 7) is 4.45. The lowest BCUT2D eigenvalue weighted by molar-refractivity contribution is -0.152. The lowest BCUT2D eigenvalue weighted by Gasteiger charge is -2.23. The molecule has 1 heterocycles. The Balaban J connectivity index is 1.53. The van der Waals surface area contributed by atoms with Gasteiger partial charge in [-0.05, 0) is 55.8 Å². The van der Waals surface area contributed by atoms with Crippen LogP contribution in [0.25, 0.3) is 11.1 Å². The maximum absolute atomic E-state index is 11.5. The summed E-state index contributed by atoms with van der Waals surface area (Å²) in [5.74, 6) is 0.232. The number of carboxylic acid groups (broad SMARTS) is 1. The molecule has 0 radical (unpaired) electrons. The molecule has 0 bridgehead atoms. The Labute approximate surface area is 210 Å². The van der Waals surface area contributed by atoms with Gasteiger partial charge < -0.3 is 28.8 Å². The number of carboxylic acids is 1. The Morgan fingerprint density at radius 3 is 2.50 bits per heavy atom. The van der Waals surface area contributed by atoms with Gasteiger partial charge in [-0.3, -0.25) is 0 Å². The molecule has 1 aromatic heterocycles. The lowest BCUT2D eigenvalue weighted by atomic mass is 10.1. The van der Waals surface area contributed by atoms with Crippen LogP contribution < -0.4 is 19.3 Å². The second kappa shape index (κ2) is 10.6. The van der Waals surface area contributed by atoms with Crippen LogP contribution in [0.4, 0.5) is 11.7 Å². The number of fused-ring (bicyclic) bond motifs is 1. The highest BCUT2D eigenvalue weighted by molar-refractivity contribution is 5.77. The van der Waals surface area contributed by atoms with Gasteiger partial charge in [0.05, 0.1) is 6.54 Å². The third-order valence-corrected chi connectivity index (χ3v) is 5.68. The third kappa shape index (κ3) is 6.07. The van der Waals surface area contributed by atoms with Crippen molar-refractivity contribution in [2.24, 2.45) is 0 Å². The van der Waals surface area contributed by atoms with Crippen LogP contribution in [0.15, 0.2) is 77.2 Å². The Morgan fingerprint density at radius 1 is 1.00 bits per heavy atom. The minimum Gasteiger partial charge on any atom is -0.492 e. The van der Waals surface area contributed by atoms with Crippen molar-refractivity contribution >= 4 is 28.8 Å². The molecule has 36 heavy (non-hydrogen) atoms. The second-order valence-electron chi connectivity index (χ2n) is 9.19. The topological polar surface area (TPSA) is 88.3 Å². The maximum Gasteiger partial charge on any atom is 0.347 e. The number of nitrogens with zero attached hydrogens (tertiary/aromatic N) is 3. The number of hydrogen-bond acceptors (Lipinski definition) is 7. The van der Waals surface area contributed by atoms with E-state index in [4.69, 9.17) is 13.9 Å². The van der Waals surface area contributed by atoms with E-state index in [2.05, 4.69) is 4.98 Å². The lowest BCUT2D eigenvalue weighted by Crippen LogP contribution is -2.37. The molecule has 1 N–H and O–H groups in total. The van der Waals surface area contributed by atoms with E-state index in [1.54, 1.807) is 6.07 Å². The summed E-state index contributed by atoms with van der Waals surface area (Å²) in [4.78, 5) is 20.2. The van der Waals surface area contributed by atoms with E-state index in [1.165, 1.54) is 13.8 Å². The van der Waals surface area contributed by atoms with Crippen molar-refractivity contribution in [2.75, 3.05) is 37.0 Å². The van der Waals surface area contributed by atoms with E-state index in [0.29, 0.717) is 37.0 Å². The number of anilines is 2. The molecule has 0 aliphatic rings. The van der Waals surface area contributed by atoms with Gasteiger partial charge in [-0.15, -0.1) is 0 Å². The Morgan fingerprint density at radius 2 is 1.75 bits per heavy atom. The molecule has 4 aromatic rings. The molecule has 0 saturated carbocycles. The average Bonchev–Trinajstić information content (AvgIpc) is 3.28. The van der Waals surface area contributed by atoms with Crippen LogP contribution in [0.2, 0.25) is 0 Å². The zero-order valence-electron chi connectivity index (χ0n) is 21.0. The number of oxazole rings is 1. The smallest absolute Gasteiger partial charge is 0.347 e. The third-order valence-electron chi connectivity index (χ3n) is 5.68. The highest BCUT2D eigenvalue weighted by Crippen LogP contribution is 2.26. The fourth-order valence-electron chi connectivity index (χ4n) is 3.63. The van der Waals surface area contributed by atoms with Gasteiger partial charge in [0.25, 0.3) is 6.01 Å². The maximum atomic E-state index is 11.5. The predicted molar refractivity (Wildman–Crippen MR) is 140 cm³/mol. The van der Waals surface area contributed by atoms with E-state index < -0.39 is 11.6 Å². The first-order valence-electron chi connectivity index (χ1n) is 11.7. The molecule has 3 aromatic carbocycles. The van der Waals surface area contributed by atoms with Gasteiger partial charge in [0.1, 0.15) is 23.6 Å². The van der Waals surface area contributed by atoms with Crippen LogP contribution in [0, 0.1) is 0 Å². The molecule has 0 aliphatic carbocycles. The fraction of sp³-hybridized carbons (Fsp3) is 0.286. The predicted octanol–water partition coefficient (Wildman–Crippen LogP) is 5.22. The Bertz CT molecular complexity index is 1300. The summed E-state index contributed by atoms with van der Waals surface area (Å²) in [5.41, 5.74) is 2.12. The van der Waals surface area contributed by atoms with Crippen LogP contribution in [0.1, 0.15) is 19.4 Å². The number of aromatic nitrogens is 1.